The molecule has 7 heteroatoms. The lowest BCUT2D eigenvalue weighted by molar-refractivity contribution is 0.584. The Balaban J connectivity index is 0.960. The fourth-order valence-electron chi connectivity index (χ4n) is 9.79. The third kappa shape index (κ3) is 9.31. The quantitative estimate of drug-likeness (QED) is 0.115. The first-order valence-electron chi connectivity index (χ1n) is 23.6. The number of halogens is 4. The maximum Gasteiger partial charge on any atom is 0.135 e. The lowest BCUT2D eigenvalue weighted by atomic mass is 9.83. The Bertz CT molecular complexity index is 3420. The van der Waals surface area contributed by atoms with E-state index in [0.29, 0.717) is 37.1 Å². The summed E-state index contributed by atoms with van der Waals surface area (Å²) < 4.78 is 56.6. The van der Waals surface area contributed by atoms with Gasteiger partial charge in [-0.25, -0.2) is 17.6 Å². The van der Waals surface area contributed by atoms with E-state index in [4.69, 9.17) is 4.98 Å². The molecule has 70 heavy (non-hydrogen) atoms. The van der Waals surface area contributed by atoms with Crippen molar-refractivity contribution in [2.24, 2.45) is 0 Å². The van der Waals surface area contributed by atoms with Crippen LogP contribution >= 0.6 is 0 Å². The summed E-state index contributed by atoms with van der Waals surface area (Å²) in [6.45, 7) is 0. The molecule has 0 amide bonds. The van der Waals surface area contributed by atoms with Gasteiger partial charge >= 0.3 is 0 Å². The minimum absolute atomic E-state index is 0.252. The lowest BCUT2D eigenvalue weighted by Crippen LogP contribution is -2.04. The van der Waals surface area contributed by atoms with E-state index in [2.05, 4.69) is 113 Å². The van der Waals surface area contributed by atoms with E-state index in [1.807, 2.05) is 36.5 Å². The smallest absolute Gasteiger partial charge is 0.135 e. The molecule has 0 fully saturated rings. The number of nitrogens with zero attached hydrogens (tertiary/aromatic N) is 3. The third-order valence-corrected chi connectivity index (χ3v) is 13.4. The van der Waals surface area contributed by atoms with Crippen molar-refractivity contribution in [2.45, 2.75) is 38.5 Å². The molecule has 0 unspecified atom stereocenters. The zero-order valence-electron chi connectivity index (χ0n) is 38.1. The van der Waals surface area contributed by atoms with Gasteiger partial charge in [0, 0.05) is 53.0 Å². The second kappa shape index (κ2) is 19.4. The van der Waals surface area contributed by atoms with Gasteiger partial charge < -0.3 is 0 Å². The Morgan fingerprint density at radius 1 is 0.300 bits per heavy atom. The van der Waals surface area contributed by atoms with Crippen LogP contribution in [0.4, 0.5) is 17.6 Å². The van der Waals surface area contributed by atoms with Crippen molar-refractivity contribution in [3.8, 4) is 78.3 Å². The summed E-state index contributed by atoms with van der Waals surface area (Å²) in [4.78, 5) is 14.2. The lowest BCUT2D eigenvalue weighted by Gasteiger charge is -2.22. The molecule has 1 aliphatic rings. The van der Waals surface area contributed by atoms with Crippen LogP contribution in [0, 0.1) is 23.3 Å². The maximum absolute atomic E-state index is 14.6. The summed E-state index contributed by atoms with van der Waals surface area (Å²) in [5, 5.41) is 0. The fraction of sp³-hybridized carbons (Fsp3) is 0.0952. The predicted octanol–water partition coefficient (Wildman–Crippen LogP) is 15.8. The Hall–Kier alpha value is -8.29. The van der Waals surface area contributed by atoms with Gasteiger partial charge in [0.05, 0.1) is 17.1 Å². The van der Waals surface area contributed by atoms with Gasteiger partial charge in [0.25, 0.3) is 0 Å². The van der Waals surface area contributed by atoms with Crippen molar-refractivity contribution in [2.75, 3.05) is 0 Å². The summed E-state index contributed by atoms with van der Waals surface area (Å²) in [5.74, 6) is -2.56. The van der Waals surface area contributed by atoms with E-state index in [-0.39, 0.29) is 11.1 Å². The molecule has 7 aromatic carbocycles. The van der Waals surface area contributed by atoms with Gasteiger partial charge in [-0.3, -0.25) is 15.0 Å². The summed E-state index contributed by atoms with van der Waals surface area (Å²) in [5.41, 5.74) is 19.4. The first-order valence-corrected chi connectivity index (χ1v) is 23.6. The molecular weight excluding hydrogens is 875 g/mol. The molecule has 1 aliphatic carbocycles. The predicted molar refractivity (Wildman–Crippen MR) is 273 cm³/mol. The first-order chi connectivity index (χ1) is 34.3. The topological polar surface area (TPSA) is 38.7 Å². The largest absolute Gasteiger partial charge is 0.256 e. The van der Waals surface area contributed by atoms with E-state index in [1.54, 1.807) is 24.5 Å². The van der Waals surface area contributed by atoms with Gasteiger partial charge in [-0.1, -0.05) is 127 Å². The second-order valence-corrected chi connectivity index (χ2v) is 17.9. The number of aromatic nitrogens is 3. The van der Waals surface area contributed by atoms with Crippen molar-refractivity contribution in [1.29, 1.82) is 0 Å². The molecule has 0 saturated heterocycles. The highest BCUT2D eigenvalue weighted by Gasteiger charge is 2.20. The fourth-order valence-corrected chi connectivity index (χ4v) is 9.79. The summed E-state index contributed by atoms with van der Waals surface area (Å²) in [6, 6.07) is 58.0. The van der Waals surface area contributed by atoms with Crippen LogP contribution in [-0.4, -0.2) is 15.0 Å². The van der Waals surface area contributed by atoms with Gasteiger partial charge in [0.1, 0.15) is 23.3 Å². The molecule has 3 nitrogen and oxygen atoms in total. The molecule has 0 atom stereocenters. The average molecular weight is 920 g/mol. The molecule has 0 N–H and O–H groups in total. The summed E-state index contributed by atoms with van der Waals surface area (Å²) >= 11 is 0. The summed E-state index contributed by atoms with van der Waals surface area (Å²) in [6.07, 6.45) is 10.3. The average Bonchev–Trinajstić information content (AvgIpc) is 3.40. The summed E-state index contributed by atoms with van der Waals surface area (Å²) in [7, 11) is 0. The van der Waals surface area contributed by atoms with Crippen molar-refractivity contribution >= 4 is 0 Å². The van der Waals surface area contributed by atoms with E-state index >= 15 is 0 Å². The Labute approximate surface area is 404 Å². The zero-order chi connectivity index (χ0) is 47.6. The highest BCUT2D eigenvalue weighted by atomic mass is 19.1. The Morgan fingerprint density at radius 2 is 0.829 bits per heavy atom. The molecule has 340 valence electrons. The molecule has 3 heterocycles. The van der Waals surface area contributed by atoms with Crippen molar-refractivity contribution in [3.05, 3.63) is 257 Å². The van der Waals surface area contributed by atoms with Crippen molar-refractivity contribution in [3.63, 3.8) is 0 Å². The number of fused-ring (bicyclic) bond motifs is 3. The molecule has 0 radical (unpaired) electrons. The molecule has 0 spiro atoms. The van der Waals surface area contributed by atoms with Crippen LogP contribution in [0.15, 0.2) is 201 Å². The van der Waals surface area contributed by atoms with Crippen LogP contribution in [0.3, 0.4) is 0 Å². The van der Waals surface area contributed by atoms with E-state index in [0.717, 1.165) is 91.9 Å². The minimum atomic E-state index is -0.651. The van der Waals surface area contributed by atoms with Gasteiger partial charge in [-0.05, 0) is 153 Å². The van der Waals surface area contributed by atoms with Crippen LogP contribution < -0.4 is 0 Å². The van der Waals surface area contributed by atoms with Crippen molar-refractivity contribution < 1.29 is 17.6 Å². The maximum atomic E-state index is 14.6. The van der Waals surface area contributed by atoms with E-state index in [9.17, 15) is 17.6 Å². The van der Waals surface area contributed by atoms with Crippen LogP contribution in [0.2, 0.25) is 0 Å². The van der Waals surface area contributed by atoms with Crippen molar-refractivity contribution in [1.82, 2.24) is 15.0 Å². The molecule has 0 bridgehead atoms. The number of pyridine rings is 3. The number of hydrogen-bond donors (Lipinski definition) is 0. The molecule has 10 aromatic rings. The minimum Gasteiger partial charge on any atom is -0.256 e. The normalized spacial score (nSPS) is 11.8. The third-order valence-electron chi connectivity index (χ3n) is 13.4. The van der Waals surface area contributed by atoms with Gasteiger partial charge in [-0.2, -0.15) is 0 Å². The molecule has 3 aromatic heterocycles. The second-order valence-electron chi connectivity index (χ2n) is 17.9. The van der Waals surface area contributed by atoms with E-state index < -0.39 is 23.3 Å². The molecular formula is C63H45F4N3. The van der Waals surface area contributed by atoms with Gasteiger partial charge in [0.2, 0.25) is 0 Å². The number of hydrogen-bond acceptors (Lipinski definition) is 3. The van der Waals surface area contributed by atoms with Crippen LogP contribution in [0.25, 0.3) is 78.3 Å². The molecule has 11 rings (SSSR count). The Kier molecular flexibility index (Phi) is 12.2. The number of rotatable bonds is 12. The highest BCUT2D eigenvalue weighted by Crippen LogP contribution is 2.42. The number of aryl methyl sites for hydroxylation is 6. The first kappa shape index (κ1) is 44.2. The van der Waals surface area contributed by atoms with Gasteiger partial charge in [0.15, 0.2) is 0 Å². The van der Waals surface area contributed by atoms with Crippen LogP contribution in [0.1, 0.15) is 33.4 Å². The monoisotopic (exact) mass is 919 g/mol. The van der Waals surface area contributed by atoms with Crippen LogP contribution in [0.5, 0.6) is 0 Å². The number of benzene rings is 7. The van der Waals surface area contributed by atoms with Gasteiger partial charge in [-0.15, -0.1) is 0 Å². The standard InChI is InChI=1S/C63H45F4N3/c64-49-23-26-55(59(66)34-49)61-28-18-40(37-68-61)14-16-42-30-43(17-15-41-19-29-62(69-38-41)56-27-24-50(65)35-60(56)67)32-48(31-42)52-12-6-7-13-54(52)58-39-70-63(45-9-2-1-3-10-45)36-57(58)47-22-25-53-46(33-47)21-20-44-8-4-5-11-51(44)53/h1-13,18-19,22-39H,14-17,20-21H2. The Morgan fingerprint density at radius 3 is 1.44 bits per heavy atom. The zero-order valence-corrected chi connectivity index (χ0v) is 38.1. The molecule has 0 aliphatic heterocycles. The van der Waals surface area contributed by atoms with Crippen LogP contribution in [-0.2, 0) is 38.5 Å². The van der Waals surface area contributed by atoms with E-state index in [1.165, 1.54) is 46.5 Å². The highest BCUT2D eigenvalue weighted by molar-refractivity contribution is 5.93. The molecule has 0 saturated carbocycles. The SMILES string of the molecule is Fc1ccc(-c2ccc(CCc3cc(CCc4ccc(-c5ccc(F)cc5F)nc4)cc(-c4ccccc4-c4cnc(-c5ccccc5)cc4-c4ccc5c(c4)CCc4ccccc4-5)c3)cn2)c(F)c1.